The summed E-state index contributed by atoms with van der Waals surface area (Å²) in [7, 11) is 0. The van der Waals surface area contributed by atoms with Crippen LogP contribution in [-0.4, -0.2) is 23.6 Å². The molecule has 1 saturated carbocycles. The van der Waals surface area contributed by atoms with Crippen molar-refractivity contribution < 1.29 is 18.0 Å². The molecule has 1 fully saturated rings. The second kappa shape index (κ2) is 5.86. The molecule has 1 aliphatic rings. The highest BCUT2D eigenvalue weighted by molar-refractivity contribution is 7.80. The van der Waals surface area contributed by atoms with E-state index in [1.807, 2.05) is 0 Å². The maximum atomic E-state index is 12.0. The Hall–Kier alpha value is -0.850. The Balaban J connectivity index is 2.58. The van der Waals surface area contributed by atoms with Crippen LogP contribution < -0.4 is 11.1 Å². The first-order valence-electron chi connectivity index (χ1n) is 5.93. The van der Waals surface area contributed by atoms with Crippen molar-refractivity contribution in [3.8, 4) is 0 Å². The summed E-state index contributed by atoms with van der Waals surface area (Å²) in [4.78, 5) is 12.1. The number of amides is 1. The third-order valence-electron chi connectivity index (χ3n) is 3.31. The highest BCUT2D eigenvalue weighted by Crippen LogP contribution is 2.37. The van der Waals surface area contributed by atoms with Crippen molar-refractivity contribution in [1.29, 1.82) is 0 Å². The maximum absolute atomic E-state index is 12.0. The van der Waals surface area contributed by atoms with E-state index >= 15 is 0 Å². The zero-order valence-corrected chi connectivity index (χ0v) is 10.8. The van der Waals surface area contributed by atoms with Crippen LogP contribution in [0.25, 0.3) is 0 Å². The van der Waals surface area contributed by atoms with Crippen LogP contribution in [0.4, 0.5) is 13.2 Å². The van der Waals surface area contributed by atoms with Crippen LogP contribution in [0.2, 0.25) is 0 Å². The third-order valence-corrected chi connectivity index (χ3v) is 3.70. The normalized spacial score (nSPS) is 19.3. The number of rotatable bonds is 4. The molecular formula is C11H17F3N2OS. The number of hydrogen-bond donors (Lipinski definition) is 2. The van der Waals surface area contributed by atoms with Gasteiger partial charge in [-0.05, 0) is 12.8 Å². The van der Waals surface area contributed by atoms with Crippen molar-refractivity contribution in [2.45, 2.75) is 44.7 Å². The predicted molar refractivity (Wildman–Crippen MR) is 66.0 cm³/mol. The third kappa shape index (κ3) is 3.83. The molecule has 1 rings (SSSR count). The lowest BCUT2D eigenvalue weighted by Gasteiger charge is -2.34. The van der Waals surface area contributed by atoms with Gasteiger partial charge in [0.2, 0.25) is 5.91 Å². The van der Waals surface area contributed by atoms with E-state index < -0.39 is 30.5 Å². The monoisotopic (exact) mass is 282 g/mol. The zero-order chi connectivity index (χ0) is 13.8. The molecule has 3 nitrogen and oxygen atoms in total. The fourth-order valence-corrected chi connectivity index (χ4v) is 2.52. The molecule has 1 aliphatic carbocycles. The van der Waals surface area contributed by atoms with Gasteiger partial charge in [0.05, 0.1) is 16.8 Å². The number of nitrogens with two attached hydrogens (primary N) is 1. The first kappa shape index (κ1) is 15.2. The van der Waals surface area contributed by atoms with Crippen LogP contribution in [0.3, 0.4) is 0 Å². The summed E-state index contributed by atoms with van der Waals surface area (Å²) in [6, 6.07) is 0. The van der Waals surface area contributed by atoms with Crippen molar-refractivity contribution in [1.82, 2.24) is 5.32 Å². The van der Waals surface area contributed by atoms with Crippen LogP contribution in [0.1, 0.15) is 38.5 Å². The Kier molecular flexibility index (Phi) is 4.95. The van der Waals surface area contributed by atoms with Gasteiger partial charge in [0.1, 0.15) is 0 Å². The quantitative estimate of drug-likeness (QED) is 0.778. The highest BCUT2D eigenvalue weighted by Gasteiger charge is 2.42. The molecule has 1 amide bonds. The van der Waals surface area contributed by atoms with E-state index in [1.165, 1.54) is 0 Å². The van der Waals surface area contributed by atoms with Crippen LogP contribution in [0.15, 0.2) is 0 Å². The minimum atomic E-state index is -4.27. The summed E-state index contributed by atoms with van der Waals surface area (Å²) in [6.07, 6.45) is -1.60. The SMILES string of the molecule is NC(=S)C1(C(=O)NCCC(F)(F)F)CCCCC1. The molecule has 3 N–H and O–H groups in total. The van der Waals surface area contributed by atoms with E-state index in [2.05, 4.69) is 5.32 Å². The lowest BCUT2D eigenvalue weighted by atomic mass is 9.73. The molecule has 104 valence electrons. The fraction of sp³-hybridized carbons (Fsp3) is 0.818. The number of nitrogens with one attached hydrogen (secondary N) is 1. The largest absolute Gasteiger partial charge is 0.392 e. The summed E-state index contributed by atoms with van der Waals surface area (Å²) < 4.78 is 36.0. The number of carbonyl (C=O) groups is 1. The second-order valence-electron chi connectivity index (χ2n) is 4.63. The van der Waals surface area contributed by atoms with Crippen LogP contribution in [0.5, 0.6) is 0 Å². The number of hydrogen-bond acceptors (Lipinski definition) is 2. The molecule has 0 aromatic carbocycles. The van der Waals surface area contributed by atoms with Gasteiger partial charge in [-0.15, -0.1) is 0 Å². The Bertz CT molecular complexity index is 325. The summed E-state index contributed by atoms with van der Waals surface area (Å²) >= 11 is 4.92. The van der Waals surface area contributed by atoms with Crippen molar-refractivity contribution >= 4 is 23.1 Å². The van der Waals surface area contributed by atoms with E-state index in [1.54, 1.807) is 0 Å². The summed E-state index contributed by atoms with van der Waals surface area (Å²) in [5.74, 6) is -0.459. The molecule has 0 spiro atoms. The Morgan fingerprint density at radius 3 is 2.28 bits per heavy atom. The summed E-state index contributed by atoms with van der Waals surface area (Å²) in [6.45, 7) is -0.424. The average molecular weight is 282 g/mol. The van der Waals surface area contributed by atoms with Crippen molar-refractivity contribution in [2.24, 2.45) is 11.1 Å². The maximum Gasteiger partial charge on any atom is 0.390 e. The molecular weight excluding hydrogens is 265 g/mol. The molecule has 0 heterocycles. The van der Waals surface area contributed by atoms with Crippen LogP contribution in [-0.2, 0) is 4.79 Å². The predicted octanol–water partition coefficient (Wildman–Crippen LogP) is 2.29. The Labute approximate surface area is 109 Å². The molecule has 0 unspecified atom stereocenters. The van der Waals surface area contributed by atoms with Gasteiger partial charge >= 0.3 is 6.18 Å². The first-order valence-corrected chi connectivity index (χ1v) is 6.34. The molecule has 0 aromatic rings. The summed E-state index contributed by atoms with van der Waals surface area (Å²) in [5, 5.41) is 2.30. The summed E-state index contributed by atoms with van der Waals surface area (Å²) in [5.41, 5.74) is 4.66. The van der Waals surface area contributed by atoms with E-state index in [9.17, 15) is 18.0 Å². The topological polar surface area (TPSA) is 55.1 Å². The first-order chi connectivity index (χ1) is 8.28. The van der Waals surface area contributed by atoms with Crippen molar-refractivity contribution in [2.75, 3.05) is 6.54 Å². The number of halogens is 3. The fourth-order valence-electron chi connectivity index (χ4n) is 2.23. The minimum absolute atomic E-state index is 0.0895. The Morgan fingerprint density at radius 1 is 1.28 bits per heavy atom. The number of thiocarbonyl (C=S) groups is 1. The van der Waals surface area contributed by atoms with Gasteiger partial charge in [0, 0.05) is 6.54 Å². The van der Waals surface area contributed by atoms with Gasteiger partial charge < -0.3 is 11.1 Å². The van der Waals surface area contributed by atoms with Crippen LogP contribution in [0, 0.1) is 5.41 Å². The molecule has 0 atom stereocenters. The molecule has 18 heavy (non-hydrogen) atoms. The van der Waals surface area contributed by atoms with Gasteiger partial charge in [0.25, 0.3) is 0 Å². The minimum Gasteiger partial charge on any atom is -0.392 e. The smallest absolute Gasteiger partial charge is 0.390 e. The average Bonchev–Trinajstić information content (AvgIpc) is 2.27. The number of carbonyl (C=O) groups excluding carboxylic acids is 1. The second-order valence-corrected chi connectivity index (χ2v) is 5.07. The van der Waals surface area contributed by atoms with E-state index in [0.29, 0.717) is 12.8 Å². The van der Waals surface area contributed by atoms with Gasteiger partial charge in [0.15, 0.2) is 0 Å². The molecule has 0 aromatic heterocycles. The molecule has 0 saturated heterocycles. The van der Waals surface area contributed by atoms with Crippen molar-refractivity contribution in [3.63, 3.8) is 0 Å². The van der Waals surface area contributed by atoms with Crippen LogP contribution >= 0.6 is 12.2 Å². The molecule has 0 radical (unpaired) electrons. The van der Waals surface area contributed by atoms with E-state index in [-0.39, 0.29) is 4.99 Å². The van der Waals surface area contributed by atoms with E-state index in [4.69, 9.17) is 18.0 Å². The standard InChI is InChI=1S/C11H17F3N2OS/c12-11(13,14)6-7-16-9(17)10(8(15)18)4-2-1-3-5-10/h1-7H2,(H2,15,18)(H,16,17). The Morgan fingerprint density at radius 2 is 1.83 bits per heavy atom. The van der Waals surface area contributed by atoms with Crippen molar-refractivity contribution in [3.05, 3.63) is 0 Å². The molecule has 7 heteroatoms. The molecule has 0 bridgehead atoms. The zero-order valence-electron chi connectivity index (χ0n) is 9.98. The lowest BCUT2D eigenvalue weighted by molar-refractivity contribution is -0.137. The molecule has 0 aliphatic heterocycles. The van der Waals surface area contributed by atoms with Gasteiger partial charge in [-0.3, -0.25) is 4.79 Å². The highest BCUT2D eigenvalue weighted by atomic mass is 32.1. The lowest BCUT2D eigenvalue weighted by Crippen LogP contribution is -2.50. The van der Waals surface area contributed by atoms with Gasteiger partial charge in [-0.1, -0.05) is 31.5 Å². The number of alkyl halides is 3. The van der Waals surface area contributed by atoms with E-state index in [0.717, 1.165) is 19.3 Å². The van der Waals surface area contributed by atoms with Gasteiger partial charge in [-0.25, -0.2) is 0 Å². The van der Waals surface area contributed by atoms with Gasteiger partial charge in [-0.2, -0.15) is 13.2 Å².